The molecule has 0 aromatic heterocycles. The van der Waals surface area contributed by atoms with Gasteiger partial charge in [-0.15, -0.1) is 0 Å². The fraction of sp³-hybridized carbons (Fsp3) is 0.125. The number of hydrogen-bond donors (Lipinski definition) is 0. The van der Waals surface area contributed by atoms with Gasteiger partial charge in [0, 0.05) is 8.04 Å². The molecule has 0 bridgehead atoms. The zero-order valence-electron chi connectivity index (χ0n) is 6.51. The lowest BCUT2D eigenvalue weighted by molar-refractivity contribution is 0.0573. The largest absolute Gasteiger partial charge is 0.467 e. The van der Waals surface area contributed by atoms with Gasteiger partial charge >= 0.3 is 5.97 Å². The van der Waals surface area contributed by atoms with Crippen LogP contribution in [0.5, 0.6) is 0 Å². The highest BCUT2D eigenvalue weighted by Gasteiger charge is 2.07. The number of halogens is 2. The summed E-state index contributed by atoms with van der Waals surface area (Å²) < 4.78 is 6.74. The van der Waals surface area contributed by atoms with Crippen molar-refractivity contribution in [3.05, 3.63) is 31.8 Å². The number of esters is 1. The Hall–Kier alpha value is 0.117. The molecule has 0 saturated carbocycles. The lowest BCUT2D eigenvalue weighted by Gasteiger charge is -2.02. The fourth-order valence-electron chi connectivity index (χ4n) is 0.772. The van der Waals surface area contributed by atoms with Crippen LogP contribution in [0.2, 0.25) is 0 Å². The lowest BCUT2D eigenvalue weighted by atomic mass is 10.2. The van der Waals surface area contributed by atoms with Crippen LogP contribution < -0.4 is 0 Å². The smallest absolute Gasteiger partial charge is 0.337 e. The zero-order valence-corrected chi connectivity index (χ0v) is 11.3. The standard InChI is InChI=1S/C8H5BrIO2Si/c9-6-2-1-5(3-7(6)10)8(11)12-4-13/h1-3H,4H2. The molecule has 0 unspecified atom stereocenters. The van der Waals surface area contributed by atoms with E-state index >= 15 is 0 Å². The topological polar surface area (TPSA) is 26.3 Å². The summed E-state index contributed by atoms with van der Waals surface area (Å²) in [5.41, 5.74) is 0.561. The number of ether oxygens (including phenoxy) is 1. The minimum atomic E-state index is -0.319. The number of hydrogen-bond acceptors (Lipinski definition) is 2. The van der Waals surface area contributed by atoms with E-state index in [1.807, 2.05) is 6.07 Å². The SMILES string of the molecule is O=C(OC[Si])c1ccc(Br)c(I)c1. The molecular weight excluding hydrogens is 363 g/mol. The number of rotatable bonds is 2. The summed E-state index contributed by atoms with van der Waals surface area (Å²) in [5.74, 6) is -0.319. The molecule has 67 valence electrons. The van der Waals surface area contributed by atoms with E-state index in [1.165, 1.54) is 0 Å². The van der Waals surface area contributed by atoms with Crippen molar-refractivity contribution >= 4 is 54.7 Å². The van der Waals surface area contributed by atoms with Crippen molar-refractivity contribution in [3.8, 4) is 0 Å². The van der Waals surface area contributed by atoms with Gasteiger partial charge in [0.2, 0.25) is 0 Å². The Morgan fingerprint density at radius 1 is 1.62 bits per heavy atom. The molecule has 0 fully saturated rings. The number of benzene rings is 1. The molecule has 0 atom stereocenters. The molecule has 1 rings (SSSR count). The van der Waals surface area contributed by atoms with Crippen molar-refractivity contribution in [2.45, 2.75) is 0 Å². The van der Waals surface area contributed by atoms with Gasteiger partial charge in [0.1, 0.15) is 0 Å². The second-order valence-corrected chi connectivity index (χ2v) is 4.51. The van der Waals surface area contributed by atoms with Crippen molar-refractivity contribution in [1.29, 1.82) is 0 Å². The Bertz CT molecular complexity index is 330. The van der Waals surface area contributed by atoms with Crippen LogP contribution in [0.1, 0.15) is 10.4 Å². The van der Waals surface area contributed by atoms with Crippen LogP contribution in [0.25, 0.3) is 0 Å². The molecule has 5 heteroatoms. The number of carbonyl (C=O) groups is 1. The second kappa shape index (κ2) is 5.11. The maximum atomic E-state index is 11.2. The van der Waals surface area contributed by atoms with Gasteiger partial charge in [-0.2, -0.15) is 0 Å². The molecule has 0 aliphatic heterocycles. The first-order valence-electron chi connectivity index (χ1n) is 3.42. The maximum Gasteiger partial charge on any atom is 0.337 e. The lowest BCUT2D eigenvalue weighted by Crippen LogP contribution is -2.06. The Kier molecular flexibility index (Phi) is 4.40. The molecule has 1 aromatic carbocycles. The van der Waals surface area contributed by atoms with Crippen LogP contribution in [0.4, 0.5) is 0 Å². The minimum Gasteiger partial charge on any atom is -0.467 e. The molecule has 0 saturated heterocycles. The van der Waals surface area contributed by atoms with Crippen LogP contribution >= 0.6 is 38.5 Å². The summed E-state index contributed by atoms with van der Waals surface area (Å²) in [5, 5.41) is 0. The molecule has 1 aromatic rings. The van der Waals surface area contributed by atoms with E-state index in [0.717, 1.165) is 8.04 Å². The average molecular weight is 368 g/mol. The van der Waals surface area contributed by atoms with Gasteiger partial charge in [-0.05, 0) is 56.7 Å². The second-order valence-electron chi connectivity index (χ2n) is 2.21. The van der Waals surface area contributed by atoms with Crippen molar-refractivity contribution < 1.29 is 9.53 Å². The maximum absolute atomic E-state index is 11.2. The first kappa shape index (κ1) is 11.2. The Morgan fingerprint density at radius 3 is 2.85 bits per heavy atom. The first-order valence-corrected chi connectivity index (χ1v) is 6.00. The van der Waals surface area contributed by atoms with Gasteiger partial charge in [-0.1, -0.05) is 0 Å². The van der Waals surface area contributed by atoms with Gasteiger partial charge < -0.3 is 4.74 Å². The predicted octanol–water partition coefficient (Wildman–Crippen LogP) is 2.34. The third-order valence-corrected chi connectivity index (χ3v) is 3.83. The normalized spacial score (nSPS) is 9.77. The average Bonchev–Trinajstić information content (AvgIpc) is 2.10. The monoisotopic (exact) mass is 367 g/mol. The van der Waals surface area contributed by atoms with E-state index in [9.17, 15) is 4.79 Å². The van der Waals surface area contributed by atoms with Crippen LogP contribution in [-0.2, 0) is 4.74 Å². The third kappa shape index (κ3) is 3.06. The van der Waals surface area contributed by atoms with Gasteiger partial charge in [-0.25, -0.2) is 4.79 Å². The molecule has 0 heterocycles. The Labute approximate surface area is 102 Å². The molecule has 2 nitrogen and oxygen atoms in total. The highest BCUT2D eigenvalue weighted by molar-refractivity contribution is 14.1. The molecule has 0 aliphatic carbocycles. The summed E-state index contributed by atoms with van der Waals surface area (Å²) in [6.07, 6.45) is 0.214. The molecule has 3 radical (unpaired) electrons. The van der Waals surface area contributed by atoms with Crippen molar-refractivity contribution in [2.24, 2.45) is 0 Å². The van der Waals surface area contributed by atoms with E-state index < -0.39 is 0 Å². The summed E-state index contributed by atoms with van der Waals surface area (Å²) in [6.45, 7) is 0. The summed E-state index contributed by atoms with van der Waals surface area (Å²) in [4.78, 5) is 11.2. The van der Waals surface area contributed by atoms with E-state index in [-0.39, 0.29) is 12.2 Å². The molecular formula is C8H5BrIO2Si. The summed E-state index contributed by atoms with van der Waals surface area (Å²) in [7, 11) is 3.07. The van der Waals surface area contributed by atoms with E-state index in [4.69, 9.17) is 4.74 Å². The van der Waals surface area contributed by atoms with E-state index in [0.29, 0.717) is 5.56 Å². The van der Waals surface area contributed by atoms with Crippen LogP contribution in [0, 0.1) is 3.57 Å². The zero-order chi connectivity index (χ0) is 9.84. The van der Waals surface area contributed by atoms with E-state index in [2.05, 4.69) is 48.8 Å². The van der Waals surface area contributed by atoms with Gasteiger partial charge in [0.05, 0.1) is 22.0 Å². The third-order valence-electron chi connectivity index (χ3n) is 1.36. The van der Waals surface area contributed by atoms with Crippen molar-refractivity contribution in [3.63, 3.8) is 0 Å². The van der Waals surface area contributed by atoms with Crippen molar-refractivity contribution in [1.82, 2.24) is 0 Å². The van der Waals surface area contributed by atoms with Crippen LogP contribution in [0.3, 0.4) is 0 Å². The van der Waals surface area contributed by atoms with Gasteiger partial charge in [0.25, 0.3) is 0 Å². The minimum absolute atomic E-state index is 0.214. The van der Waals surface area contributed by atoms with Crippen LogP contribution in [0.15, 0.2) is 22.7 Å². The van der Waals surface area contributed by atoms with Gasteiger partial charge in [-0.3, -0.25) is 0 Å². The molecule has 13 heavy (non-hydrogen) atoms. The fourth-order valence-corrected chi connectivity index (χ4v) is 1.66. The highest BCUT2D eigenvalue weighted by Crippen LogP contribution is 2.20. The molecule has 0 amide bonds. The summed E-state index contributed by atoms with van der Waals surface area (Å²) >= 11 is 5.49. The Morgan fingerprint density at radius 2 is 2.31 bits per heavy atom. The summed E-state index contributed by atoms with van der Waals surface area (Å²) in [6, 6.07) is 5.32. The van der Waals surface area contributed by atoms with Gasteiger partial charge in [0.15, 0.2) is 0 Å². The quantitative estimate of drug-likeness (QED) is 0.455. The predicted molar refractivity (Wildman–Crippen MR) is 62.9 cm³/mol. The van der Waals surface area contributed by atoms with E-state index in [1.54, 1.807) is 12.1 Å². The highest BCUT2D eigenvalue weighted by atomic mass is 127. The number of carbonyl (C=O) groups excluding carboxylic acids is 1. The molecule has 0 aliphatic rings. The van der Waals surface area contributed by atoms with Crippen molar-refractivity contribution in [2.75, 3.05) is 6.23 Å². The first-order chi connectivity index (χ1) is 6.15. The Balaban J connectivity index is 2.90. The molecule has 0 spiro atoms. The molecule has 0 N–H and O–H groups in total. The van der Waals surface area contributed by atoms with Crippen LogP contribution in [-0.4, -0.2) is 22.4 Å².